The first kappa shape index (κ1) is 10.3. The summed E-state index contributed by atoms with van der Waals surface area (Å²) in [6, 6.07) is -0.415. The Bertz CT molecular complexity index is 204. The molecule has 0 aromatic carbocycles. The lowest BCUT2D eigenvalue weighted by atomic mass is 10.4. The molecule has 1 aliphatic carbocycles. The maximum Gasteiger partial charge on any atom is 0.321 e. The van der Waals surface area contributed by atoms with Crippen molar-refractivity contribution in [2.24, 2.45) is 5.92 Å². The number of hydrogen-bond donors (Lipinski definition) is 2. The molecule has 0 radical (unpaired) electrons. The Balaban J connectivity index is 2.04. The summed E-state index contributed by atoms with van der Waals surface area (Å²) in [6.07, 6.45) is 2.53. The van der Waals surface area contributed by atoms with Gasteiger partial charge < -0.3 is 5.32 Å². The molecule has 3 amide bonds. The van der Waals surface area contributed by atoms with Crippen LogP contribution in [0.15, 0.2) is 0 Å². The van der Waals surface area contributed by atoms with Crippen molar-refractivity contribution in [3.05, 3.63) is 0 Å². The van der Waals surface area contributed by atoms with Gasteiger partial charge in [-0.25, -0.2) is 4.79 Å². The predicted molar refractivity (Wildman–Crippen MR) is 49.6 cm³/mol. The van der Waals surface area contributed by atoms with E-state index in [1.54, 1.807) is 0 Å². The van der Waals surface area contributed by atoms with E-state index < -0.39 is 6.03 Å². The van der Waals surface area contributed by atoms with Gasteiger partial charge in [-0.15, -0.1) is 11.6 Å². The van der Waals surface area contributed by atoms with Gasteiger partial charge in [0.1, 0.15) is 0 Å². The smallest absolute Gasteiger partial charge is 0.321 e. The van der Waals surface area contributed by atoms with Crippen molar-refractivity contribution < 1.29 is 9.59 Å². The van der Waals surface area contributed by atoms with Crippen molar-refractivity contribution in [2.75, 3.05) is 12.4 Å². The Labute approximate surface area is 82.0 Å². The second-order valence-electron chi connectivity index (χ2n) is 3.14. The van der Waals surface area contributed by atoms with Crippen LogP contribution in [0.5, 0.6) is 0 Å². The fraction of sp³-hybridized carbons (Fsp3) is 0.750. The van der Waals surface area contributed by atoms with Gasteiger partial charge >= 0.3 is 6.03 Å². The van der Waals surface area contributed by atoms with Crippen molar-refractivity contribution in [2.45, 2.75) is 19.3 Å². The summed E-state index contributed by atoms with van der Waals surface area (Å²) in [5.74, 6) is 0.527. The zero-order valence-electron chi connectivity index (χ0n) is 7.31. The molecule has 0 heterocycles. The molecule has 0 aromatic heterocycles. The van der Waals surface area contributed by atoms with Crippen LogP contribution in [0.25, 0.3) is 0 Å². The summed E-state index contributed by atoms with van der Waals surface area (Å²) in [7, 11) is 0. The van der Waals surface area contributed by atoms with Crippen LogP contribution >= 0.6 is 11.6 Å². The zero-order chi connectivity index (χ0) is 9.68. The van der Waals surface area contributed by atoms with Crippen molar-refractivity contribution >= 4 is 23.5 Å². The molecular formula is C8H13ClN2O2. The molecule has 74 valence electrons. The highest BCUT2D eigenvalue weighted by molar-refractivity contribution is 6.19. The standard InChI is InChI=1S/C8H13ClN2O2/c9-4-3-7(12)11-8(13)10-5-6-1-2-6/h6H,1-5H2,(H2,10,11,12,13). The molecule has 5 heteroatoms. The van der Waals surface area contributed by atoms with Gasteiger partial charge in [-0.05, 0) is 18.8 Å². The van der Waals surface area contributed by atoms with E-state index in [2.05, 4.69) is 10.6 Å². The lowest BCUT2D eigenvalue weighted by molar-refractivity contribution is -0.119. The molecule has 1 rings (SSSR count). The summed E-state index contributed by atoms with van der Waals surface area (Å²) in [5.41, 5.74) is 0. The first-order chi connectivity index (χ1) is 6.22. The molecular weight excluding hydrogens is 192 g/mol. The lowest BCUT2D eigenvalue weighted by Gasteiger charge is -2.04. The number of amides is 3. The summed E-state index contributed by atoms with van der Waals surface area (Å²) in [4.78, 5) is 21.8. The van der Waals surface area contributed by atoms with Crippen LogP contribution in [-0.2, 0) is 4.79 Å². The molecule has 0 bridgehead atoms. The maximum absolute atomic E-state index is 11.0. The van der Waals surface area contributed by atoms with E-state index in [4.69, 9.17) is 11.6 Å². The van der Waals surface area contributed by atoms with Crippen molar-refractivity contribution in [1.29, 1.82) is 0 Å². The van der Waals surface area contributed by atoms with Gasteiger partial charge in [-0.3, -0.25) is 10.1 Å². The van der Waals surface area contributed by atoms with Gasteiger partial charge in [0.05, 0.1) is 0 Å². The summed E-state index contributed by atoms with van der Waals surface area (Å²) < 4.78 is 0. The number of imide groups is 1. The topological polar surface area (TPSA) is 58.2 Å². The monoisotopic (exact) mass is 204 g/mol. The molecule has 0 unspecified atom stereocenters. The van der Waals surface area contributed by atoms with Crippen LogP contribution in [0.2, 0.25) is 0 Å². The highest BCUT2D eigenvalue weighted by Gasteiger charge is 2.21. The van der Waals surface area contributed by atoms with Gasteiger partial charge in [0.25, 0.3) is 0 Å². The highest BCUT2D eigenvalue weighted by atomic mass is 35.5. The third kappa shape index (κ3) is 4.72. The van der Waals surface area contributed by atoms with Crippen LogP contribution in [-0.4, -0.2) is 24.4 Å². The quantitative estimate of drug-likeness (QED) is 0.668. The number of halogens is 1. The van der Waals surface area contributed by atoms with E-state index >= 15 is 0 Å². The number of nitrogens with one attached hydrogen (secondary N) is 2. The first-order valence-corrected chi connectivity index (χ1v) is 4.89. The van der Waals surface area contributed by atoms with Crippen LogP contribution in [0, 0.1) is 5.92 Å². The third-order valence-electron chi connectivity index (χ3n) is 1.82. The molecule has 0 atom stereocenters. The normalized spacial score (nSPS) is 15.2. The number of carbonyl (C=O) groups excluding carboxylic acids is 2. The minimum Gasteiger partial charge on any atom is -0.338 e. The maximum atomic E-state index is 11.0. The summed E-state index contributed by atoms with van der Waals surface area (Å²) in [6.45, 7) is 0.667. The number of urea groups is 1. The fourth-order valence-electron chi connectivity index (χ4n) is 0.878. The predicted octanol–water partition coefficient (Wildman–Crippen LogP) is 0.851. The molecule has 0 aromatic rings. The van der Waals surface area contributed by atoms with Gasteiger partial charge in [0.2, 0.25) is 5.91 Å². The molecule has 0 spiro atoms. The molecule has 4 nitrogen and oxygen atoms in total. The van der Waals surface area contributed by atoms with Crippen LogP contribution < -0.4 is 10.6 Å². The van der Waals surface area contributed by atoms with Crippen molar-refractivity contribution in [3.8, 4) is 0 Å². The van der Waals surface area contributed by atoms with Gasteiger partial charge in [-0.2, -0.15) is 0 Å². The van der Waals surface area contributed by atoms with E-state index in [0.29, 0.717) is 12.5 Å². The molecule has 1 fully saturated rings. The number of rotatable bonds is 4. The van der Waals surface area contributed by atoms with E-state index in [1.807, 2.05) is 0 Å². The Morgan fingerprint density at radius 3 is 2.62 bits per heavy atom. The second-order valence-corrected chi connectivity index (χ2v) is 3.52. The molecule has 1 saturated carbocycles. The molecule has 0 aliphatic heterocycles. The highest BCUT2D eigenvalue weighted by Crippen LogP contribution is 2.27. The Hall–Kier alpha value is -0.770. The molecule has 1 aliphatic rings. The Morgan fingerprint density at radius 1 is 1.38 bits per heavy atom. The van der Waals surface area contributed by atoms with E-state index in [9.17, 15) is 9.59 Å². The lowest BCUT2D eigenvalue weighted by Crippen LogP contribution is -2.40. The van der Waals surface area contributed by atoms with E-state index in [0.717, 1.165) is 0 Å². The van der Waals surface area contributed by atoms with Gasteiger partial charge in [-0.1, -0.05) is 0 Å². The Kier molecular flexibility index (Phi) is 4.02. The third-order valence-corrected chi connectivity index (χ3v) is 2.01. The summed E-state index contributed by atoms with van der Waals surface area (Å²) >= 11 is 5.32. The minimum absolute atomic E-state index is 0.179. The van der Waals surface area contributed by atoms with Gasteiger partial charge in [0.15, 0.2) is 0 Å². The molecule has 0 saturated heterocycles. The number of carbonyl (C=O) groups is 2. The van der Waals surface area contributed by atoms with Crippen molar-refractivity contribution in [3.63, 3.8) is 0 Å². The van der Waals surface area contributed by atoms with Crippen LogP contribution in [0.4, 0.5) is 4.79 Å². The van der Waals surface area contributed by atoms with Crippen molar-refractivity contribution in [1.82, 2.24) is 10.6 Å². The second kappa shape index (κ2) is 5.07. The average molecular weight is 205 g/mol. The number of alkyl halides is 1. The van der Waals surface area contributed by atoms with Crippen LogP contribution in [0.1, 0.15) is 19.3 Å². The largest absolute Gasteiger partial charge is 0.338 e. The van der Waals surface area contributed by atoms with Crippen LogP contribution in [0.3, 0.4) is 0 Å². The van der Waals surface area contributed by atoms with E-state index in [-0.39, 0.29) is 18.2 Å². The van der Waals surface area contributed by atoms with Gasteiger partial charge in [0, 0.05) is 18.8 Å². The Morgan fingerprint density at radius 2 is 2.08 bits per heavy atom. The minimum atomic E-state index is -0.415. The number of hydrogen-bond acceptors (Lipinski definition) is 2. The SMILES string of the molecule is O=C(CCCl)NC(=O)NCC1CC1. The zero-order valence-corrected chi connectivity index (χ0v) is 8.06. The molecule has 2 N–H and O–H groups in total. The van der Waals surface area contributed by atoms with E-state index in [1.165, 1.54) is 12.8 Å². The fourth-order valence-corrected chi connectivity index (χ4v) is 1.05. The first-order valence-electron chi connectivity index (χ1n) is 4.36. The summed E-state index contributed by atoms with van der Waals surface area (Å²) in [5, 5.41) is 4.81. The molecule has 13 heavy (non-hydrogen) atoms. The average Bonchev–Trinajstić information content (AvgIpc) is 2.84.